The molecule has 0 N–H and O–H groups in total. The van der Waals surface area contributed by atoms with Crippen LogP contribution in [0, 0.1) is 6.92 Å². The summed E-state index contributed by atoms with van der Waals surface area (Å²) in [6.45, 7) is 2.07. The first kappa shape index (κ1) is 11.4. The van der Waals surface area contributed by atoms with Crippen LogP contribution in [0.2, 0.25) is 0 Å². The fraction of sp³-hybridized carbons (Fsp3) is 0.133. The van der Waals surface area contributed by atoms with Crippen molar-refractivity contribution in [3.8, 4) is 5.75 Å². The minimum Gasteiger partial charge on any atom is -0.494 e. The van der Waals surface area contributed by atoms with Crippen LogP contribution >= 0.6 is 0 Å². The summed E-state index contributed by atoms with van der Waals surface area (Å²) in [5.41, 5.74) is 3.18. The van der Waals surface area contributed by atoms with E-state index in [-0.39, 0.29) is 0 Å². The molecule has 0 saturated carbocycles. The van der Waals surface area contributed by atoms with Gasteiger partial charge in [0.1, 0.15) is 11.4 Å². The van der Waals surface area contributed by atoms with Gasteiger partial charge in [0.05, 0.1) is 7.11 Å². The van der Waals surface area contributed by atoms with E-state index >= 15 is 0 Å². The predicted octanol–water partition coefficient (Wildman–Crippen LogP) is 3.75. The maximum atomic E-state index is 5.25. The Morgan fingerprint density at radius 1 is 1.00 bits per heavy atom. The second-order valence-electron chi connectivity index (χ2n) is 3.79. The molecule has 0 heterocycles. The molecule has 2 aromatic carbocycles. The van der Waals surface area contributed by atoms with Gasteiger partial charge in [-0.3, -0.25) is 4.99 Å². The number of ether oxygens (including phenoxy) is 1. The summed E-state index contributed by atoms with van der Waals surface area (Å²) in [6.07, 6.45) is 1.87. The van der Waals surface area contributed by atoms with Gasteiger partial charge >= 0.3 is 0 Å². The highest BCUT2D eigenvalue weighted by molar-refractivity contribution is 5.84. The first-order valence-electron chi connectivity index (χ1n) is 5.54. The van der Waals surface area contributed by atoms with Crippen LogP contribution in [0.3, 0.4) is 0 Å². The number of methoxy groups -OCH3 is 1. The lowest BCUT2D eigenvalue weighted by Crippen LogP contribution is -1.86. The van der Waals surface area contributed by atoms with Crippen LogP contribution in [0.4, 0.5) is 5.69 Å². The SMILES string of the molecule is COc1ccccc1N=Cc1ccccc1C. The summed E-state index contributed by atoms with van der Waals surface area (Å²) in [6, 6.07) is 15.9. The number of para-hydroxylation sites is 2. The van der Waals surface area contributed by atoms with Gasteiger partial charge in [-0.2, -0.15) is 0 Å². The summed E-state index contributed by atoms with van der Waals surface area (Å²) >= 11 is 0. The maximum absolute atomic E-state index is 5.25. The lowest BCUT2D eigenvalue weighted by molar-refractivity contribution is 0.416. The van der Waals surface area contributed by atoms with E-state index in [1.807, 2.05) is 48.7 Å². The van der Waals surface area contributed by atoms with Gasteiger partial charge in [-0.15, -0.1) is 0 Å². The van der Waals surface area contributed by atoms with Gasteiger partial charge < -0.3 is 4.74 Å². The Labute approximate surface area is 102 Å². The number of hydrogen-bond donors (Lipinski definition) is 0. The molecule has 17 heavy (non-hydrogen) atoms. The summed E-state index contributed by atoms with van der Waals surface area (Å²) in [7, 11) is 1.65. The van der Waals surface area contributed by atoms with Crippen molar-refractivity contribution in [2.24, 2.45) is 4.99 Å². The fourth-order valence-electron chi connectivity index (χ4n) is 1.61. The summed E-state index contributed by atoms with van der Waals surface area (Å²) in [4.78, 5) is 4.46. The first-order chi connectivity index (χ1) is 8.31. The predicted molar refractivity (Wildman–Crippen MR) is 71.4 cm³/mol. The molecule has 0 spiro atoms. The smallest absolute Gasteiger partial charge is 0.144 e. The average molecular weight is 225 g/mol. The Kier molecular flexibility index (Phi) is 3.55. The molecule has 0 saturated heterocycles. The highest BCUT2D eigenvalue weighted by Crippen LogP contribution is 2.26. The third kappa shape index (κ3) is 2.72. The quantitative estimate of drug-likeness (QED) is 0.729. The highest BCUT2D eigenvalue weighted by atomic mass is 16.5. The van der Waals surface area contributed by atoms with Crippen LogP contribution in [0.1, 0.15) is 11.1 Å². The number of nitrogens with zero attached hydrogens (tertiary/aromatic N) is 1. The minimum absolute atomic E-state index is 0.789. The van der Waals surface area contributed by atoms with E-state index in [1.54, 1.807) is 7.11 Å². The van der Waals surface area contributed by atoms with Gasteiger partial charge in [-0.1, -0.05) is 36.4 Å². The second-order valence-corrected chi connectivity index (χ2v) is 3.79. The fourth-order valence-corrected chi connectivity index (χ4v) is 1.61. The third-order valence-corrected chi connectivity index (χ3v) is 2.62. The van der Waals surface area contributed by atoms with E-state index in [0.29, 0.717) is 0 Å². The second kappa shape index (κ2) is 5.30. The number of hydrogen-bond acceptors (Lipinski definition) is 2. The van der Waals surface area contributed by atoms with Crippen molar-refractivity contribution in [1.29, 1.82) is 0 Å². The van der Waals surface area contributed by atoms with Gasteiger partial charge in [0.2, 0.25) is 0 Å². The molecule has 2 heteroatoms. The van der Waals surface area contributed by atoms with Crippen molar-refractivity contribution in [2.75, 3.05) is 7.11 Å². The Hall–Kier alpha value is -2.09. The maximum Gasteiger partial charge on any atom is 0.144 e. The zero-order valence-electron chi connectivity index (χ0n) is 10.1. The van der Waals surface area contributed by atoms with E-state index in [1.165, 1.54) is 5.56 Å². The van der Waals surface area contributed by atoms with Crippen LogP contribution in [-0.4, -0.2) is 13.3 Å². The Morgan fingerprint density at radius 3 is 2.47 bits per heavy atom. The number of benzene rings is 2. The van der Waals surface area contributed by atoms with Gasteiger partial charge in [-0.25, -0.2) is 0 Å². The van der Waals surface area contributed by atoms with Crippen LogP contribution in [0.15, 0.2) is 53.5 Å². The minimum atomic E-state index is 0.789. The van der Waals surface area contributed by atoms with Crippen molar-refractivity contribution >= 4 is 11.9 Å². The molecule has 0 fully saturated rings. The molecule has 2 rings (SSSR count). The lowest BCUT2D eigenvalue weighted by Gasteiger charge is -2.03. The van der Waals surface area contributed by atoms with E-state index < -0.39 is 0 Å². The van der Waals surface area contributed by atoms with Gasteiger partial charge in [0.15, 0.2) is 0 Å². The van der Waals surface area contributed by atoms with Crippen LogP contribution in [0.25, 0.3) is 0 Å². The Balaban J connectivity index is 2.29. The molecule has 0 bridgehead atoms. The van der Waals surface area contributed by atoms with Gasteiger partial charge in [-0.05, 0) is 30.2 Å². The number of rotatable bonds is 3. The van der Waals surface area contributed by atoms with Gasteiger partial charge in [0, 0.05) is 6.21 Å². The zero-order chi connectivity index (χ0) is 12.1. The topological polar surface area (TPSA) is 21.6 Å². The molecule has 0 aromatic heterocycles. The molecule has 86 valence electrons. The molecule has 0 aliphatic heterocycles. The molecule has 0 unspecified atom stereocenters. The molecule has 0 aliphatic carbocycles. The Bertz CT molecular complexity index is 532. The number of aryl methyl sites for hydroxylation is 1. The molecule has 0 radical (unpaired) electrons. The molecule has 0 amide bonds. The van der Waals surface area contributed by atoms with Crippen molar-refractivity contribution in [3.63, 3.8) is 0 Å². The Morgan fingerprint density at radius 2 is 1.71 bits per heavy atom. The zero-order valence-corrected chi connectivity index (χ0v) is 10.1. The van der Waals surface area contributed by atoms with E-state index in [9.17, 15) is 0 Å². The first-order valence-corrected chi connectivity index (χ1v) is 5.54. The highest BCUT2D eigenvalue weighted by Gasteiger charge is 1.98. The average Bonchev–Trinajstić information content (AvgIpc) is 2.38. The van der Waals surface area contributed by atoms with Crippen molar-refractivity contribution in [3.05, 3.63) is 59.7 Å². The largest absolute Gasteiger partial charge is 0.494 e. The van der Waals surface area contributed by atoms with Crippen molar-refractivity contribution in [2.45, 2.75) is 6.92 Å². The van der Waals surface area contributed by atoms with E-state index in [2.05, 4.69) is 18.0 Å². The summed E-state index contributed by atoms with van der Waals surface area (Å²) in [5.74, 6) is 0.789. The molecular formula is C15H15NO. The van der Waals surface area contributed by atoms with Gasteiger partial charge in [0.25, 0.3) is 0 Å². The van der Waals surface area contributed by atoms with Crippen molar-refractivity contribution < 1.29 is 4.74 Å². The normalized spacial score (nSPS) is 10.7. The number of aliphatic imine (C=N–C) groups is 1. The summed E-state index contributed by atoms with van der Waals surface area (Å²) in [5, 5.41) is 0. The van der Waals surface area contributed by atoms with Crippen LogP contribution < -0.4 is 4.74 Å². The molecular weight excluding hydrogens is 210 g/mol. The molecule has 0 atom stereocenters. The molecule has 2 nitrogen and oxygen atoms in total. The third-order valence-electron chi connectivity index (χ3n) is 2.62. The van der Waals surface area contributed by atoms with E-state index in [0.717, 1.165) is 17.0 Å². The summed E-state index contributed by atoms with van der Waals surface area (Å²) < 4.78 is 5.25. The van der Waals surface area contributed by atoms with Crippen molar-refractivity contribution in [1.82, 2.24) is 0 Å². The standard InChI is InChI=1S/C15H15NO/c1-12-7-3-4-8-13(12)11-16-14-9-5-6-10-15(14)17-2/h3-11H,1-2H3. The molecule has 2 aromatic rings. The molecule has 0 aliphatic rings. The lowest BCUT2D eigenvalue weighted by atomic mass is 10.1. The van der Waals surface area contributed by atoms with Crippen LogP contribution in [0.5, 0.6) is 5.75 Å². The van der Waals surface area contributed by atoms with Crippen LogP contribution in [-0.2, 0) is 0 Å². The monoisotopic (exact) mass is 225 g/mol. The van der Waals surface area contributed by atoms with E-state index in [4.69, 9.17) is 4.74 Å².